The summed E-state index contributed by atoms with van der Waals surface area (Å²) in [5.74, 6) is 1.00. The van der Waals surface area contributed by atoms with Crippen LogP contribution in [0.15, 0.2) is 0 Å². The molecule has 1 saturated carbocycles. The molecule has 0 atom stereocenters. The molecule has 0 unspecified atom stereocenters. The molecule has 0 aromatic heterocycles. The van der Waals surface area contributed by atoms with Crippen LogP contribution in [0, 0.1) is 11.3 Å². The van der Waals surface area contributed by atoms with E-state index >= 15 is 0 Å². The minimum Gasteiger partial charge on any atom is -0.319 e. The molecule has 1 fully saturated rings. The molecule has 20 heavy (non-hydrogen) atoms. The maximum absolute atomic E-state index is 12.3. The first-order chi connectivity index (χ1) is 9.41. The molecule has 5 heteroatoms. The molecular weight excluding hydrogens is 283 g/mol. The lowest BCUT2D eigenvalue weighted by atomic mass is 9.68. The Morgan fingerprint density at radius 3 is 2.40 bits per heavy atom. The molecule has 0 heterocycles. The summed E-state index contributed by atoms with van der Waals surface area (Å²) in [7, 11) is 1.90. The van der Waals surface area contributed by atoms with E-state index in [-0.39, 0.29) is 22.9 Å². The van der Waals surface area contributed by atoms with E-state index in [9.17, 15) is 13.2 Å². The molecule has 1 nitrogen and oxygen atoms in total. The molecule has 1 aliphatic rings. The summed E-state index contributed by atoms with van der Waals surface area (Å²) in [6.07, 6.45) is 9.05. The number of rotatable bonds is 8. The van der Waals surface area contributed by atoms with Crippen LogP contribution in [0.1, 0.15) is 58.3 Å². The van der Waals surface area contributed by atoms with Crippen molar-refractivity contribution in [3.05, 3.63) is 0 Å². The SMILES string of the molecule is CCCCC1CCC(CCSC(F)(F)F)(CNC)CC1. The van der Waals surface area contributed by atoms with Gasteiger partial charge in [-0.05, 0) is 50.5 Å². The first-order valence-electron chi connectivity index (χ1n) is 7.76. The molecular formula is C15H28F3NS. The Labute approximate surface area is 125 Å². The molecule has 0 amide bonds. The lowest BCUT2D eigenvalue weighted by Gasteiger charge is -2.40. The highest BCUT2D eigenvalue weighted by molar-refractivity contribution is 8.00. The summed E-state index contributed by atoms with van der Waals surface area (Å²) in [6.45, 7) is 3.06. The van der Waals surface area contributed by atoms with E-state index in [4.69, 9.17) is 0 Å². The average molecular weight is 311 g/mol. The molecule has 0 aromatic rings. The van der Waals surface area contributed by atoms with Gasteiger partial charge in [0.05, 0.1) is 0 Å². The lowest BCUT2D eigenvalue weighted by molar-refractivity contribution is -0.0330. The summed E-state index contributed by atoms with van der Waals surface area (Å²) in [4.78, 5) is 0. The van der Waals surface area contributed by atoms with Gasteiger partial charge in [-0.3, -0.25) is 0 Å². The van der Waals surface area contributed by atoms with Crippen LogP contribution in [0.5, 0.6) is 0 Å². The van der Waals surface area contributed by atoms with Crippen LogP contribution in [-0.4, -0.2) is 24.9 Å². The molecule has 0 aliphatic heterocycles. The monoisotopic (exact) mass is 311 g/mol. The first-order valence-corrected chi connectivity index (χ1v) is 8.74. The number of nitrogens with one attached hydrogen (secondary N) is 1. The fourth-order valence-corrected chi connectivity index (χ4v) is 4.11. The minimum absolute atomic E-state index is 0.0930. The number of thioether (sulfide) groups is 1. The van der Waals surface area contributed by atoms with Crippen molar-refractivity contribution < 1.29 is 13.2 Å². The molecule has 120 valence electrons. The quantitative estimate of drug-likeness (QED) is 0.660. The average Bonchev–Trinajstić information content (AvgIpc) is 2.37. The van der Waals surface area contributed by atoms with Gasteiger partial charge in [0, 0.05) is 12.3 Å². The highest BCUT2D eigenvalue weighted by atomic mass is 32.2. The van der Waals surface area contributed by atoms with Gasteiger partial charge in [-0.1, -0.05) is 37.9 Å². The van der Waals surface area contributed by atoms with E-state index in [2.05, 4.69) is 12.2 Å². The van der Waals surface area contributed by atoms with Gasteiger partial charge in [0.25, 0.3) is 0 Å². The lowest BCUT2D eigenvalue weighted by Crippen LogP contribution is -2.37. The van der Waals surface area contributed by atoms with Crippen LogP contribution < -0.4 is 5.32 Å². The Bertz CT molecular complexity index is 260. The van der Waals surface area contributed by atoms with Crippen LogP contribution in [0.4, 0.5) is 13.2 Å². The fourth-order valence-electron chi connectivity index (χ4n) is 3.34. The Hall–Kier alpha value is 0.1000. The van der Waals surface area contributed by atoms with Crippen LogP contribution in [0.3, 0.4) is 0 Å². The van der Waals surface area contributed by atoms with Gasteiger partial charge >= 0.3 is 5.51 Å². The van der Waals surface area contributed by atoms with E-state index in [1.165, 1.54) is 32.1 Å². The van der Waals surface area contributed by atoms with Gasteiger partial charge in [0.1, 0.15) is 0 Å². The highest BCUT2D eigenvalue weighted by Crippen LogP contribution is 2.44. The highest BCUT2D eigenvalue weighted by Gasteiger charge is 2.36. The fraction of sp³-hybridized carbons (Fsp3) is 1.00. The van der Waals surface area contributed by atoms with Crippen molar-refractivity contribution >= 4 is 11.8 Å². The van der Waals surface area contributed by atoms with Gasteiger partial charge < -0.3 is 5.32 Å². The van der Waals surface area contributed by atoms with Gasteiger partial charge in [-0.2, -0.15) is 13.2 Å². The summed E-state index contributed by atoms with van der Waals surface area (Å²) in [5, 5.41) is 3.19. The second kappa shape index (κ2) is 8.52. The second-order valence-corrected chi connectivity index (χ2v) is 7.32. The van der Waals surface area contributed by atoms with Crippen LogP contribution in [-0.2, 0) is 0 Å². The molecule has 0 radical (unpaired) electrons. The van der Waals surface area contributed by atoms with Gasteiger partial charge in [0.15, 0.2) is 0 Å². The number of unbranched alkanes of at least 4 members (excludes halogenated alkanes) is 1. The molecule has 0 aromatic carbocycles. The molecule has 1 rings (SSSR count). The van der Waals surface area contributed by atoms with E-state index in [0.29, 0.717) is 6.42 Å². The third-order valence-corrected chi connectivity index (χ3v) is 5.32. The predicted molar refractivity (Wildman–Crippen MR) is 81.0 cm³/mol. The maximum atomic E-state index is 12.3. The zero-order valence-corrected chi connectivity index (χ0v) is 13.5. The normalized spacial score (nSPS) is 27.8. The topological polar surface area (TPSA) is 12.0 Å². The van der Waals surface area contributed by atoms with Crippen LogP contribution in [0.2, 0.25) is 0 Å². The number of halogens is 3. The smallest absolute Gasteiger partial charge is 0.319 e. The summed E-state index contributed by atoms with van der Waals surface area (Å²) in [5.41, 5.74) is -3.99. The Morgan fingerprint density at radius 2 is 1.90 bits per heavy atom. The zero-order valence-electron chi connectivity index (χ0n) is 12.7. The third kappa shape index (κ3) is 6.70. The van der Waals surface area contributed by atoms with Gasteiger partial charge in [-0.15, -0.1) is 0 Å². The van der Waals surface area contributed by atoms with E-state index in [1.807, 2.05) is 7.05 Å². The molecule has 1 aliphatic carbocycles. The van der Waals surface area contributed by atoms with E-state index in [0.717, 1.165) is 25.3 Å². The van der Waals surface area contributed by atoms with Crippen molar-refractivity contribution in [2.75, 3.05) is 19.3 Å². The van der Waals surface area contributed by atoms with Crippen molar-refractivity contribution in [2.45, 2.75) is 63.8 Å². The summed E-state index contributed by atoms with van der Waals surface area (Å²) in [6, 6.07) is 0. The third-order valence-electron chi connectivity index (χ3n) is 4.58. The van der Waals surface area contributed by atoms with Crippen molar-refractivity contribution in [3.8, 4) is 0 Å². The number of hydrogen-bond donors (Lipinski definition) is 1. The predicted octanol–water partition coefficient (Wildman–Crippen LogP) is 5.22. The Balaban J connectivity index is 2.40. The van der Waals surface area contributed by atoms with Gasteiger partial charge in [-0.25, -0.2) is 0 Å². The molecule has 0 spiro atoms. The molecule has 0 saturated heterocycles. The largest absolute Gasteiger partial charge is 0.441 e. The van der Waals surface area contributed by atoms with E-state index in [1.54, 1.807) is 0 Å². The van der Waals surface area contributed by atoms with Crippen molar-refractivity contribution in [1.29, 1.82) is 0 Å². The maximum Gasteiger partial charge on any atom is 0.441 e. The van der Waals surface area contributed by atoms with Crippen LogP contribution in [0.25, 0.3) is 0 Å². The van der Waals surface area contributed by atoms with Crippen LogP contribution >= 0.6 is 11.8 Å². The number of alkyl halides is 3. The van der Waals surface area contributed by atoms with Crippen molar-refractivity contribution in [3.63, 3.8) is 0 Å². The second-order valence-electron chi connectivity index (χ2n) is 6.16. The van der Waals surface area contributed by atoms with E-state index < -0.39 is 5.51 Å². The number of hydrogen-bond acceptors (Lipinski definition) is 2. The standard InChI is InChI=1S/C15H28F3NS/c1-3-4-5-13-6-8-14(9-7-13,12-19-2)10-11-20-15(16,17)18/h13,19H,3-12H2,1-2H3. The minimum atomic E-state index is -4.08. The molecule has 0 bridgehead atoms. The summed E-state index contributed by atoms with van der Waals surface area (Å²) < 4.78 is 36.8. The van der Waals surface area contributed by atoms with Gasteiger partial charge in [0.2, 0.25) is 0 Å². The molecule has 1 N–H and O–H groups in total. The Kier molecular flexibility index (Phi) is 7.73. The summed E-state index contributed by atoms with van der Waals surface area (Å²) >= 11 is 0.139. The first kappa shape index (κ1) is 18.1. The van der Waals surface area contributed by atoms with Crippen molar-refractivity contribution in [2.24, 2.45) is 11.3 Å². The zero-order chi connectivity index (χ0) is 15.1. The Morgan fingerprint density at radius 1 is 1.25 bits per heavy atom. The van der Waals surface area contributed by atoms with Crippen molar-refractivity contribution in [1.82, 2.24) is 5.32 Å².